The zero-order chi connectivity index (χ0) is 50.3. The third-order valence-corrected chi connectivity index (χ3v) is 16.6. The van der Waals surface area contributed by atoms with E-state index in [9.17, 15) is 4.39 Å². The number of hydrogen-bond donors (Lipinski definition) is 0. The molecule has 0 aliphatic heterocycles. The van der Waals surface area contributed by atoms with E-state index in [-0.39, 0.29) is 37.3 Å². The average Bonchev–Trinajstić information content (AvgIpc) is 3.91. The summed E-state index contributed by atoms with van der Waals surface area (Å²) in [5.74, 6) is 1.06. The fourth-order valence-corrected chi connectivity index (χ4v) is 12.0. The molecule has 5 aromatic heterocycles. The standard InChI is InChI=1S/C45H39N4S.C15H17FNSi.Ir/c1-25(2)38-31-15-10-8-13-29(31)30-14-9-11-16-32(30)40(38)49-41-37(23-21-28-20-19-26(3)46-39(28)41)47-43(49)35-18-12-17-33-34-22-24-36(27(4)45(5,6)7)48-44(34)50-42(33)35;1-11-9-14(12-5-7-13(16)8-6-12)17-10-15(11)18(2,3)4;/h8-17,19-25,27H,1-7H3;5,7-10H,1-4H3;/q2*-1;/i;1D3;. The van der Waals surface area contributed by atoms with Gasteiger partial charge in [0.1, 0.15) is 4.83 Å². The molecule has 0 saturated heterocycles. The van der Waals surface area contributed by atoms with Crippen LogP contribution in [0, 0.1) is 37.1 Å². The number of nitrogens with zero attached hydrogens (tertiary/aromatic N) is 5. The molecule has 0 fully saturated rings. The van der Waals surface area contributed by atoms with Gasteiger partial charge in [-0.1, -0.05) is 150 Å². The van der Waals surface area contributed by atoms with Crippen molar-refractivity contribution in [2.75, 3.05) is 0 Å². The summed E-state index contributed by atoms with van der Waals surface area (Å²) < 4.78 is 39.8. The average molecular weight is 1120 g/mol. The van der Waals surface area contributed by atoms with E-state index in [4.69, 9.17) is 19.1 Å². The first-order valence-electron chi connectivity index (χ1n) is 24.8. The van der Waals surface area contributed by atoms with Crippen LogP contribution in [0.2, 0.25) is 19.6 Å². The topological polar surface area (TPSA) is 56.5 Å². The van der Waals surface area contributed by atoms with Gasteiger partial charge in [0, 0.05) is 64.3 Å². The number of hydrogen-bond acceptors (Lipinski definition) is 5. The summed E-state index contributed by atoms with van der Waals surface area (Å²) in [4.78, 5) is 21.4. The van der Waals surface area contributed by atoms with E-state index >= 15 is 0 Å². The Morgan fingerprint density at radius 3 is 2.16 bits per heavy atom. The van der Waals surface area contributed by atoms with E-state index in [1.165, 1.54) is 50.0 Å². The monoisotopic (exact) mass is 1120 g/mol. The number of fused-ring (bicyclic) bond motifs is 9. The van der Waals surface area contributed by atoms with Gasteiger partial charge in [-0.3, -0.25) is 14.4 Å². The summed E-state index contributed by atoms with van der Waals surface area (Å²) in [6.45, 7) is 19.9. The Balaban J connectivity index is 0.000000245. The number of benzene rings is 6. The third-order valence-electron chi connectivity index (χ3n) is 13.4. The van der Waals surface area contributed by atoms with Gasteiger partial charge in [-0.25, -0.2) is 4.98 Å². The number of halogens is 1. The van der Waals surface area contributed by atoms with Crippen LogP contribution in [0.4, 0.5) is 4.39 Å². The molecule has 0 N–H and O–H groups in total. The van der Waals surface area contributed by atoms with E-state index in [1.807, 2.05) is 0 Å². The summed E-state index contributed by atoms with van der Waals surface area (Å²) in [5.41, 5.74) is 10.0. The number of aromatic nitrogens is 5. The van der Waals surface area contributed by atoms with Gasteiger partial charge in [-0.15, -0.1) is 48.0 Å². The maximum absolute atomic E-state index is 13.0. The number of thiophene rings is 1. The Kier molecular flexibility index (Phi) is 11.8. The van der Waals surface area contributed by atoms with Crippen molar-refractivity contribution in [2.24, 2.45) is 5.41 Å². The predicted octanol–water partition coefficient (Wildman–Crippen LogP) is 16.2. The summed E-state index contributed by atoms with van der Waals surface area (Å²) in [6, 6.07) is 47.1. The van der Waals surface area contributed by atoms with E-state index in [0.717, 1.165) is 65.1 Å². The van der Waals surface area contributed by atoms with Crippen LogP contribution in [0.25, 0.3) is 92.1 Å². The quantitative estimate of drug-likeness (QED) is 0.0946. The smallest absolute Gasteiger partial charge is 0.114 e. The van der Waals surface area contributed by atoms with E-state index in [1.54, 1.807) is 29.7 Å². The summed E-state index contributed by atoms with van der Waals surface area (Å²) in [7, 11) is -1.81. The molecular formula is C60H56FIrN5SSi-2. The molecule has 11 rings (SSSR count). The van der Waals surface area contributed by atoms with Crippen molar-refractivity contribution in [1.82, 2.24) is 24.5 Å². The molecule has 0 aliphatic carbocycles. The molecule has 0 spiro atoms. The van der Waals surface area contributed by atoms with Crippen molar-refractivity contribution in [3.8, 4) is 28.3 Å². The Hall–Kier alpha value is -5.96. The van der Waals surface area contributed by atoms with Gasteiger partial charge in [0.2, 0.25) is 0 Å². The maximum Gasteiger partial charge on any atom is 0.114 e. The van der Waals surface area contributed by atoms with Gasteiger partial charge >= 0.3 is 0 Å². The molecule has 5 heterocycles. The maximum atomic E-state index is 13.0. The molecule has 1 radical (unpaired) electrons. The van der Waals surface area contributed by atoms with Gasteiger partial charge in [-0.2, -0.15) is 11.3 Å². The first kappa shape index (κ1) is 44.3. The molecular weight excluding hydrogens is 1060 g/mol. The van der Waals surface area contributed by atoms with Crippen LogP contribution >= 0.6 is 11.3 Å². The summed E-state index contributed by atoms with van der Waals surface area (Å²) >= 11 is 1.75. The van der Waals surface area contributed by atoms with Gasteiger partial charge in [0.25, 0.3) is 0 Å². The normalized spacial score (nSPS) is 13.4. The van der Waals surface area contributed by atoms with Crippen LogP contribution < -0.4 is 5.19 Å². The minimum atomic E-state index is -2.19. The Morgan fingerprint density at radius 2 is 1.48 bits per heavy atom. The Labute approximate surface area is 427 Å². The Morgan fingerprint density at radius 1 is 0.768 bits per heavy atom. The van der Waals surface area contributed by atoms with Crippen molar-refractivity contribution in [1.29, 1.82) is 0 Å². The van der Waals surface area contributed by atoms with Crippen molar-refractivity contribution in [2.45, 2.75) is 86.8 Å². The van der Waals surface area contributed by atoms with E-state index < -0.39 is 14.9 Å². The fraction of sp³-hybridized carbons (Fsp3) is 0.233. The number of rotatable bonds is 6. The number of aryl methyl sites for hydroxylation is 2. The van der Waals surface area contributed by atoms with Crippen LogP contribution in [0.1, 0.15) is 80.0 Å². The minimum absolute atomic E-state index is 0. The largest absolute Gasteiger partial charge is 0.330 e. The van der Waals surface area contributed by atoms with Crippen LogP contribution in [0.3, 0.4) is 0 Å². The fourth-order valence-electron chi connectivity index (χ4n) is 9.45. The second-order valence-corrected chi connectivity index (χ2v) is 26.4. The predicted molar refractivity (Wildman–Crippen MR) is 289 cm³/mol. The zero-order valence-electron chi connectivity index (χ0n) is 43.6. The second kappa shape index (κ2) is 18.4. The van der Waals surface area contributed by atoms with E-state index in [0.29, 0.717) is 22.7 Å². The molecule has 0 aliphatic rings. The number of imidazole rings is 1. The van der Waals surface area contributed by atoms with Crippen LogP contribution in [0.5, 0.6) is 0 Å². The molecule has 349 valence electrons. The van der Waals surface area contributed by atoms with E-state index in [2.05, 4.69) is 187 Å². The van der Waals surface area contributed by atoms with Crippen LogP contribution in [0.15, 0.2) is 128 Å². The van der Waals surface area contributed by atoms with Gasteiger partial charge in [-0.05, 0) is 86.0 Å². The van der Waals surface area contributed by atoms with Gasteiger partial charge in [0.05, 0.1) is 36.1 Å². The van der Waals surface area contributed by atoms with Crippen LogP contribution in [-0.2, 0) is 20.1 Å². The third kappa shape index (κ3) is 8.73. The zero-order valence-corrected chi connectivity index (χ0v) is 44.8. The summed E-state index contributed by atoms with van der Waals surface area (Å²) in [6.07, 6.45) is 1.65. The molecule has 11 aromatic rings. The first-order chi connectivity index (χ1) is 33.7. The van der Waals surface area contributed by atoms with Gasteiger partial charge < -0.3 is 9.55 Å². The molecule has 0 saturated carbocycles. The van der Waals surface area contributed by atoms with Gasteiger partial charge in [0.15, 0.2) is 0 Å². The molecule has 1 unspecified atom stereocenters. The molecule has 69 heavy (non-hydrogen) atoms. The Bertz CT molecular complexity index is 3870. The first-order valence-corrected chi connectivity index (χ1v) is 27.7. The minimum Gasteiger partial charge on any atom is -0.330 e. The molecule has 0 amide bonds. The van der Waals surface area contributed by atoms with Crippen molar-refractivity contribution < 1.29 is 28.6 Å². The van der Waals surface area contributed by atoms with Crippen molar-refractivity contribution in [3.05, 3.63) is 168 Å². The number of pyridine rings is 3. The van der Waals surface area contributed by atoms with Crippen molar-refractivity contribution in [3.63, 3.8) is 0 Å². The molecule has 1 atom stereocenters. The second-order valence-electron chi connectivity index (χ2n) is 20.4. The molecule has 5 nitrogen and oxygen atoms in total. The van der Waals surface area contributed by atoms with Crippen molar-refractivity contribution >= 4 is 88.4 Å². The SMILES string of the molecule is Cc1ccc2ccc3nc(-c4[c-]ccc5c4sc4nc(C(C)C(C)(C)C)ccc45)n(-c4c(C(C)C)c5ccccc5c5ccccc45)c3c2n1.[2H]C([2H])([2H])c1cc(-c2[c-]cc(F)cc2)ncc1[Si](C)(C)C.[Ir]. The summed E-state index contributed by atoms with van der Waals surface area (Å²) in [5, 5.41) is 9.25. The molecule has 9 heteroatoms. The molecule has 0 bridgehead atoms. The molecule has 6 aromatic carbocycles. The van der Waals surface area contributed by atoms with Crippen LogP contribution in [-0.4, -0.2) is 32.6 Å².